The van der Waals surface area contributed by atoms with Gasteiger partial charge in [0.2, 0.25) is 5.91 Å². The molecule has 0 spiro atoms. The Bertz CT molecular complexity index is 436. The standard InChI is InChI=1S/C16H24N2O/c1-4-16(19)18-14-7-5-6-13(10-14)17-15-8-12(9-15)11(2)3/h5-7,10-12,15,17H,4,8-9H2,1-3H3,(H,18,19). The molecule has 0 heterocycles. The number of anilines is 2. The Morgan fingerprint density at radius 1 is 1.32 bits per heavy atom. The van der Waals surface area contributed by atoms with Crippen LogP contribution in [0.15, 0.2) is 24.3 Å². The van der Waals surface area contributed by atoms with Gasteiger partial charge in [-0.3, -0.25) is 4.79 Å². The largest absolute Gasteiger partial charge is 0.382 e. The number of rotatable bonds is 5. The van der Waals surface area contributed by atoms with Crippen LogP contribution in [0, 0.1) is 11.8 Å². The summed E-state index contributed by atoms with van der Waals surface area (Å²) in [5.74, 6) is 1.70. The van der Waals surface area contributed by atoms with Crippen LogP contribution in [0.1, 0.15) is 40.0 Å². The molecule has 0 unspecified atom stereocenters. The molecule has 0 atom stereocenters. The van der Waals surface area contributed by atoms with E-state index in [0.29, 0.717) is 12.5 Å². The van der Waals surface area contributed by atoms with Gasteiger partial charge in [0.05, 0.1) is 0 Å². The van der Waals surface area contributed by atoms with E-state index in [1.807, 2.05) is 25.1 Å². The molecule has 0 aliphatic heterocycles. The van der Waals surface area contributed by atoms with Crippen molar-refractivity contribution >= 4 is 17.3 Å². The van der Waals surface area contributed by atoms with Gasteiger partial charge in [0.15, 0.2) is 0 Å². The quantitative estimate of drug-likeness (QED) is 0.843. The van der Waals surface area contributed by atoms with Crippen LogP contribution >= 0.6 is 0 Å². The number of hydrogen-bond donors (Lipinski definition) is 2. The van der Waals surface area contributed by atoms with Crippen molar-refractivity contribution in [3.63, 3.8) is 0 Å². The minimum Gasteiger partial charge on any atom is -0.382 e. The number of carbonyl (C=O) groups excluding carboxylic acids is 1. The summed E-state index contributed by atoms with van der Waals surface area (Å²) < 4.78 is 0. The van der Waals surface area contributed by atoms with Gasteiger partial charge in [-0.05, 0) is 42.9 Å². The smallest absolute Gasteiger partial charge is 0.224 e. The van der Waals surface area contributed by atoms with E-state index >= 15 is 0 Å². The molecular formula is C16H24N2O. The van der Waals surface area contributed by atoms with Crippen molar-refractivity contribution in [2.75, 3.05) is 10.6 Å². The number of nitrogens with one attached hydrogen (secondary N) is 2. The zero-order valence-electron chi connectivity index (χ0n) is 12.1. The SMILES string of the molecule is CCC(=O)Nc1cccc(NC2CC(C(C)C)C2)c1. The first kappa shape index (κ1) is 13.9. The lowest BCUT2D eigenvalue weighted by Crippen LogP contribution is -2.37. The van der Waals surface area contributed by atoms with Crippen LogP contribution in [0.5, 0.6) is 0 Å². The van der Waals surface area contributed by atoms with Crippen molar-refractivity contribution in [2.24, 2.45) is 11.8 Å². The molecule has 1 saturated carbocycles. The zero-order valence-corrected chi connectivity index (χ0v) is 12.1. The van der Waals surface area contributed by atoms with E-state index < -0.39 is 0 Å². The van der Waals surface area contributed by atoms with Gasteiger partial charge in [0, 0.05) is 23.8 Å². The topological polar surface area (TPSA) is 41.1 Å². The highest BCUT2D eigenvalue weighted by atomic mass is 16.1. The normalized spacial score (nSPS) is 21.9. The molecule has 2 rings (SSSR count). The molecule has 104 valence electrons. The average Bonchev–Trinajstić information content (AvgIpc) is 2.33. The van der Waals surface area contributed by atoms with Crippen molar-refractivity contribution in [1.82, 2.24) is 0 Å². The average molecular weight is 260 g/mol. The Hall–Kier alpha value is -1.51. The predicted molar refractivity (Wildman–Crippen MR) is 80.3 cm³/mol. The van der Waals surface area contributed by atoms with E-state index in [9.17, 15) is 4.79 Å². The molecule has 0 bridgehead atoms. The van der Waals surface area contributed by atoms with Crippen molar-refractivity contribution in [3.8, 4) is 0 Å². The minimum absolute atomic E-state index is 0.0562. The fraction of sp³-hybridized carbons (Fsp3) is 0.562. The molecule has 19 heavy (non-hydrogen) atoms. The van der Waals surface area contributed by atoms with Crippen LogP contribution in [0.3, 0.4) is 0 Å². The molecule has 0 aromatic heterocycles. The molecule has 1 aliphatic rings. The molecular weight excluding hydrogens is 236 g/mol. The zero-order chi connectivity index (χ0) is 13.8. The summed E-state index contributed by atoms with van der Waals surface area (Å²) in [5.41, 5.74) is 1.97. The van der Waals surface area contributed by atoms with Gasteiger partial charge >= 0.3 is 0 Å². The maximum absolute atomic E-state index is 11.4. The molecule has 1 aromatic carbocycles. The third-order valence-corrected chi connectivity index (χ3v) is 3.96. The van der Waals surface area contributed by atoms with Crippen LogP contribution in [0.25, 0.3) is 0 Å². The second-order valence-electron chi connectivity index (χ2n) is 5.80. The van der Waals surface area contributed by atoms with Crippen molar-refractivity contribution in [1.29, 1.82) is 0 Å². The summed E-state index contributed by atoms with van der Waals surface area (Å²) in [4.78, 5) is 11.4. The van der Waals surface area contributed by atoms with Crippen LogP contribution in [0.4, 0.5) is 11.4 Å². The highest BCUT2D eigenvalue weighted by Crippen LogP contribution is 2.35. The lowest BCUT2D eigenvalue weighted by atomic mass is 9.73. The first-order valence-corrected chi connectivity index (χ1v) is 7.25. The second kappa shape index (κ2) is 6.09. The Labute approximate surface area is 115 Å². The maximum atomic E-state index is 11.4. The summed E-state index contributed by atoms with van der Waals surface area (Å²) in [7, 11) is 0. The Balaban J connectivity index is 1.88. The highest BCUT2D eigenvalue weighted by Gasteiger charge is 2.30. The third-order valence-electron chi connectivity index (χ3n) is 3.96. The van der Waals surface area contributed by atoms with E-state index in [1.165, 1.54) is 12.8 Å². The summed E-state index contributed by atoms with van der Waals surface area (Å²) >= 11 is 0. The van der Waals surface area contributed by atoms with E-state index in [-0.39, 0.29) is 5.91 Å². The number of hydrogen-bond acceptors (Lipinski definition) is 2. The Morgan fingerprint density at radius 3 is 2.63 bits per heavy atom. The van der Waals surface area contributed by atoms with Crippen molar-refractivity contribution in [3.05, 3.63) is 24.3 Å². The highest BCUT2D eigenvalue weighted by molar-refractivity contribution is 5.90. The van der Waals surface area contributed by atoms with Crippen molar-refractivity contribution < 1.29 is 4.79 Å². The maximum Gasteiger partial charge on any atom is 0.224 e. The number of benzene rings is 1. The fourth-order valence-corrected chi connectivity index (χ4v) is 2.50. The van der Waals surface area contributed by atoms with Gasteiger partial charge in [0.25, 0.3) is 0 Å². The first-order chi connectivity index (χ1) is 9.08. The Morgan fingerprint density at radius 2 is 2.00 bits per heavy atom. The molecule has 2 N–H and O–H groups in total. The summed E-state index contributed by atoms with van der Waals surface area (Å²) in [6.07, 6.45) is 3.02. The van der Waals surface area contributed by atoms with Crippen LogP contribution in [-0.4, -0.2) is 11.9 Å². The van der Waals surface area contributed by atoms with Crippen LogP contribution in [0.2, 0.25) is 0 Å². The molecule has 1 aromatic rings. The van der Waals surface area contributed by atoms with Gasteiger partial charge in [-0.2, -0.15) is 0 Å². The predicted octanol–water partition coefficient (Wildman–Crippen LogP) is 3.88. The summed E-state index contributed by atoms with van der Waals surface area (Å²) in [6, 6.07) is 8.56. The molecule has 1 fully saturated rings. The Kier molecular flexibility index (Phi) is 4.46. The van der Waals surface area contributed by atoms with Gasteiger partial charge in [0.1, 0.15) is 0 Å². The number of amides is 1. The molecule has 1 amide bonds. The lowest BCUT2D eigenvalue weighted by molar-refractivity contribution is -0.115. The van der Waals surface area contributed by atoms with E-state index in [0.717, 1.165) is 23.2 Å². The van der Waals surface area contributed by atoms with Gasteiger partial charge in [-0.1, -0.05) is 26.8 Å². The van der Waals surface area contributed by atoms with Crippen LogP contribution < -0.4 is 10.6 Å². The van der Waals surface area contributed by atoms with Gasteiger partial charge in [-0.25, -0.2) is 0 Å². The molecule has 0 radical (unpaired) electrons. The van der Waals surface area contributed by atoms with E-state index in [1.54, 1.807) is 0 Å². The number of carbonyl (C=O) groups is 1. The monoisotopic (exact) mass is 260 g/mol. The molecule has 1 aliphatic carbocycles. The fourth-order valence-electron chi connectivity index (χ4n) is 2.50. The minimum atomic E-state index is 0.0562. The van der Waals surface area contributed by atoms with E-state index in [2.05, 4.69) is 30.5 Å². The molecule has 3 heteroatoms. The second-order valence-corrected chi connectivity index (χ2v) is 5.80. The van der Waals surface area contributed by atoms with Gasteiger partial charge < -0.3 is 10.6 Å². The van der Waals surface area contributed by atoms with E-state index in [4.69, 9.17) is 0 Å². The van der Waals surface area contributed by atoms with Crippen LogP contribution in [-0.2, 0) is 4.79 Å². The summed E-state index contributed by atoms with van der Waals surface area (Å²) in [5, 5.41) is 6.43. The molecule has 0 saturated heterocycles. The van der Waals surface area contributed by atoms with Gasteiger partial charge in [-0.15, -0.1) is 0 Å². The molecule has 3 nitrogen and oxygen atoms in total. The lowest BCUT2D eigenvalue weighted by Gasteiger charge is -2.39. The first-order valence-electron chi connectivity index (χ1n) is 7.25. The van der Waals surface area contributed by atoms with Crippen molar-refractivity contribution in [2.45, 2.75) is 46.1 Å². The third kappa shape index (κ3) is 3.72. The summed E-state index contributed by atoms with van der Waals surface area (Å²) in [6.45, 7) is 6.45.